The summed E-state index contributed by atoms with van der Waals surface area (Å²) in [6.45, 7) is 1.41. The third-order valence-corrected chi connectivity index (χ3v) is 3.23. The molecule has 2 rings (SSSR count). The van der Waals surface area contributed by atoms with Crippen LogP contribution in [0.1, 0.15) is 16.2 Å². The van der Waals surface area contributed by atoms with Crippen LogP contribution >= 0.6 is 0 Å². The van der Waals surface area contributed by atoms with E-state index in [2.05, 4.69) is 15.3 Å². The Morgan fingerprint density at radius 3 is 2.84 bits per heavy atom. The Balaban J connectivity index is 1.97. The lowest BCUT2D eigenvalue weighted by atomic mass is 10.2. The van der Waals surface area contributed by atoms with Crippen LogP contribution in [0.25, 0.3) is 0 Å². The van der Waals surface area contributed by atoms with Gasteiger partial charge in [0.2, 0.25) is 6.23 Å². The zero-order valence-corrected chi connectivity index (χ0v) is 13.2. The number of aliphatic carboxylic acids is 1. The highest BCUT2D eigenvalue weighted by Crippen LogP contribution is 2.13. The minimum atomic E-state index is -1.60. The summed E-state index contributed by atoms with van der Waals surface area (Å²) >= 11 is 0. The van der Waals surface area contributed by atoms with Gasteiger partial charge in [-0.15, -0.1) is 0 Å². The third kappa shape index (κ3) is 4.57. The lowest BCUT2D eigenvalue weighted by molar-refractivity contribution is -0.392. The lowest BCUT2D eigenvalue weighted by Crippen LogP contribution is -2.43. The Morgan fingerprint density at radius 1 is 1.48 bits per heavy atom. The number of nitrogens with one attached hydrogen (secondary N) is 1. The number of aryl methyl sites for hydroxylation is 1. The number of hydrogen-bond acceptors (Lipinski definition) is 7. The van der Waals surface area contributed by atoms with Gasteiger partial charge in [-0.3, -0.25) is 9.78 Å². The van der Waals surface area contributed by atoms with E-state index in [9.17, 15) is 19.7 Å². The molecule has 0 aromatic carbocycles. The van der Waals surface area contributed by atoms with Crippen molar-refractivity contribution >= 4 is 17.7 Å². The first-order chi connectivity index (χ1) is 11.9. The van der Waals surface area contributed by atoms with Gasteiger partial charge >= 0.3 is 11.8 Å². The first-order valence-corrected chi connectivity index (χ1v) is 7.12. The first-order valence-electron chi connectivity index (χ1n) is 7.12. The van der Waals surface area contributed by atoms with Gasteiger partial charge in [-0.05, 0) is 17.1 Å². The van der Waals surface area contributed by atoms with E-state index in [1.54, 1.807) is 6.92 Å². The molecule has 11 nitrogen and oxygen atoms in total. The number of aromatic nitrogens is 3. The summed E-state index contributed by atoms with van der Waals surface area (Å²) in [5.74, 6) is -1.90. The molecule has 2 aromatic rings. The Labute approximate surface area is 141 Å². The lowest BCUT2D eigenvalue weighted by Gasteiger charge is -2.15. The number of nitrogens with zero attached hydrogens (tertiary/aromatic N) is 4. The van der Waals surface area contributed by atoms with Crippen molar-refractivity contribution < 1.29 is 24.4 Å². The number of carboxylic acids is 1. The van der Waals surface area contributed by atoms with E-state index in [0.29, 0.717) is 5.82 Å². The summed E-state index contributed by atoms with van der Waals surface area (Å²) in [6, 6.07) is 3.01. The second-order valence-corrected chi connectivity index (χ2v) is 4.88. The fourth-order valence-corrected chi connectivity index (χ4v) is 2.01. The number of carbonyl (C=O) groups is 2. The molecule has 0 radical (unpaired) electrons. The fraction of sp³-hybridized carbons (Fsp3) is 0.286. The van der Waals surface area contributed by atoms with Gasteiger partial charge in [0.15, 0.2) is 5.82 Å². The summed E-state index contributed by atoms with van der Waals surface area (Å²) in [4.78, 5) is 41.1. The first kappa shape index (κ1) is 18.0. The molecule has 0 saturated carbocycles. The Bertz CT molecular complexity index is 775. The van der Waals surface area contributed by atoms with Crippen LogP contribution in [0, 0.1) is 17.0 Å². The average Bonchev–Trinajstić information content (AvgIpc) is 2.95. The molecule has 2 N–H and O–H groups in total. The summed E-state index contributed by atoms with van der Waals surface area (Å²) in [7, 11) is 0. The Morgan fingerprint density at radius 2 is 2.24 bits per heavy atom. The van der Waals surface area contributed by atoms with Crippen LogP contribution in [0.15, 0.2) is 30.7 Å². The molecule has 1 unspecified atom stereocenters. The maximum absolute atomic E-state index is 11.9. The van der Waals surface area contributed by atoms with Gasteiger partial charge in [-0.25, -0.2) is 14.3 Å². The monoisotopic (exact) mass is 349 g/mol. The van der Waals surface area contributed by atoms with Gasteiger partial charge in [0.1, 0.15) is 12.7 Å². The van der Waals surface area contributed by atoms with E-state index in [-0.39, 0.29) is 24.5 Å². The SMILES string of the molecule is Cc1ncc([N+](=O)[O-])n1CCOC(NC(=O)c1cccnc1)C(=O)O. The van der Waals surface area contributed by atoms with Gasteiger partial charge in [0.05, 0.1) is 12.2 Å². The van der Waals surface area contributed by atoms with Crippen LogP contribution in [0.2, 0.25) is 0 Å². The standard InChI is InChI=1S/C14H15N5O6/c1-9-16-8-11(19(23)24)18(9)5-6-25-13(14(21)22)17-12(20)10-3-2-4-15-7-10/h2-4,7-8,13H,5-6H2,1H3,(H,17,20)(H,21,22). The van der Waals surface area contributed by atoms with E-state index >= 15 is 0 Å². The number of hydrogen-bond donors (Lipinski definition) is 2. The topological polar surface area (TPSA) is 149 Å². The normalized spacial score (nSPS) is 11.7. The highest BCUT2D eigenvalue weighted by Gasteiger charge is 2.23. The number of carboxylic acid groups (broad SMARTS) is 1. The molecule has 1 amide bonds. The predicted molar refractivity (Wildman–Crippen MR) is 82.7 cm³/mol. The summed E-state index contributed by atoms with van der Waals surface area (Å²) in [5.41, 5.74) is 0.179. The van der Waals surface area contributed by atoms with Crippen molar-refractivity contribution in [2.24, 2.45) is 0 Å². The number of nitro groups is 1. The van der Waals surface area contributed by atoms with Crippen LogP contribution in [-0.4, -0.2) is 49.3 Å². The number of amides is 1. The van der Waals surface area contributed by atoms with Gasteiger partial charge < -0.3 is 25.3 Å². The molecule has 1 atom stereocenters. The molecule has 0 saturated heterocycles. The summed E-state index contributed by atoms with van der Waals surface area (Å²) in [5, 5.41) is 22.2. The van der Waals surface area contributed by atoms with Crippen LogP contribution in [0.5, 0.6) is 0 Å². The molecule has 0 bridgehead atoms. The van der Waals surface area contributed by atoms with Crippen molar-refractivity contribution in [2.75, 3.05) is 6.61 Å². The molecule has 0 aliphatic heterocycles. The molecule has 2 aromatic heterocycles. The van der Waals surface area contributed by atoms with E-state index < -0.39 is 23.0 Å². The van der Waals surface area contributed by atoms with Crippen molar-refractivity contribution in [3.8, 4) is 0 Å². The minimum Gasteiger partial charge on any atom is -0.478 e. The molecule has 2 heterocycles. The number of carbonyl (C=O) groups excluding carboxylic acids is 1. The molecular formula is C14H15N5O6. The van der Waals surface area contributed by atoms with Crippen LogP contribution in [-0.2, 0) is 16.1 Å². The van der Waals surface area contributed by atoms with Gasteiger partial charge in [-0.1, -0.05) is 0 Å². The number of pyridine rings is 1. The summed E-state index contributed by atoms with van der Waals surface area (Å²) in [6.07, 6.45) is 2.26. The number of imidazole rings is 1. The molecule has 11 heteroatoms. The highest BCUT2D eigenvalue weighted by atomic mass is 16.6. The zero-order valence-electron chi connectivity index (χ0n) is 13.2. The second kappa shape index (κ2) is 7.97. The molecule has 0 aliphatic rings. The van der Waals surface area contributed by atoms with Gasteiger partial charge in [-0.2, -0.15) is 0 Å². The molecular weight excluding hydrogens is 334 g/mol. The van der Waals surface area contributed by atoms with Crippen LogP contribution < -0.4 is 5.32 Å². The number of rotatable bonds is 8. The smallest absolute Gasteiger partial charge is 0.354 e. The van der Waals surface area contributed by atoms with E-state index in [0.717, 1.165) is 6.20 Å². The van der Waals surface area contributed by atoms with Crippen molar-refractivity contribution in [3.63, 3.8) is 0 Å². The number of ether oxygens (including phenoxy) is 1. The molecule has 132 valence electrons. The Hall–Kier alpha value is -3.34. The fourth-order valence-electron chi connectivity index (χ4n) is 2.01. The second-order valence-electron chi connectivity index (χ2n) is 4.88. The van der Waals surface area contributed by atoms with E-state index in [1.165, 1.54) is 29.1 Å². The third-order valence-electron chi connectivity index (χ3n) is 3.23. The van der Waals surface area contributed by atoms with E-state index in [1.807, 2.05) is 0 Å². The molecule has 0 aliphatic carbocycles. The minimum absolute atomic E-state index is 0.00862. The van der Waals surface area contributed by atoms with Crippen molar-refractivity contribution in [1.82, 2.24) is 19.9 Å². The van der Waals surface area contributed by atoms with Crippen LogP contribution in [0.4, 0.5) is 5.82 Å². The molecule has 0 spiro atoms. The van der Waals surface area contributed by atoms with Crippen molar-refractivity contribution in [2.45, 2.75) is 19.7 Å². The quantitative estimate of drug-likeness (QED) is 0.394. The van der Waals surface area contributed by atoms with Gasteiger partial charge in [0, 0.05) is 19.3 Å². The van der Waals surface area contributed by atoms with Gasteiger partial charge in [0.25, 0.3) is 5.91 Å². The highest BCUT2D eigenvalue weighted by molar-refractivity contribution is 5.95. The average molecular weight is 349 g/mol. The van der Waals surface area contributed by atoms with Crippen molar-refractivity contribution in [3.05, 3.63) is 52.2 Å². The predicted octanol–water partition coefficient (Wildman–Crippen LogP) is 0.352. The Kier molecular flexibility index (Phi) is 5.74. The molecule has 0 fully saturated rings. The maximum Gasteiger partial charge on any atom is 0.354 e. The maximum atomic E-state index is 11.9. The largest absolute Gasteiger partial charge is 0.478 e. The molecule has 25 heavy (non-hydrogen) atoms. The zero-order chi connectivity index (χ0) is 18.4. The van der Waals surface area contributed by atoms with E-state index in [4.69, 9.17) is 9.84 Å². The summed E-state index contributed by atoms with van der Waals surface area (Å²) < 4.78 is 6.42. The van der Waals surface area contributed by atoms with Crippen LogP contribution in [0.3, 0.4) is 0 Å². The van der Waals surface area contributed by atoms with Crippen molar-refractivity contribution in [1.29, 1.82) is 0 Å².